The van der Waals surface area contributed by atoms with Crippen molar-refractivity contribution >= 4 is 23.6 Å². The first-order chi connectivity index (χ1) is 13.4. The highest BCUT2D eigenvalue weighted by atomic mass is 16.5. The second-order valence-electron chi connectivity index (χ2n) is 8.36. The number of rotatable bonds is 12. The van der Waals surface area contributed by atoms with Crippen LogP contribution in [0.1, 0.15) is 47.5 Å². The molecule has 0 atom stereocenters. The summed E-state index contributed by atoms with van der Waals surface area (Å²) >= 11 is 0. The number of hydrogen-bond acceptors (Lipinski definition) is 6. The molecule has 29 heavy (non-hydrogen) atoms. The highest BCUT2D eigenvalue weighted by molar-refractivity contribution is 6.13. The van der Waals surface area contributed by atoms with Crippen molar-refractivity contribution in [1.29, 1.82) is 0 Å². The topological polar surface area (TPSA) is 114 Å². The predicted octanol–water partition coefficient (Wildman–Crippen LogP) is 0.534. The molecular formula is C20H33N3O6. The third-order valence-corrected chi connectivity index (χ3v) is 4.07. The average molecular weight is 411 g/mol. The zero-order valence-corrected chi connectivity index (χ0v) is 18.0. The number of imide groups is 1. The number of nitrogens with zero attached hydrogens (tertiary/aromatic N) is 1. The van der Waals surface area contributed by atoms with E-state index in [9.17, 15) is 19.2 Å². The summed E-state index contributed by atoms with van der Waals surface area (Å²) in [5.74, 6) is -1.63. The molecule has 1 aliphatic rings. The van der Waals surface area contributed by atoms with Crippen LogP contribution in [-0.2, 0) is 28.7 Å². The van der Waals surface area contributed by atoms with Crippen molar-refractivity contribution in [3.63, 3.8) is 0 Å². The molecule has 0 radical (unpaired) electrons. The zero-order valence-electron chi connectivity index (χ0n) is 18.0. The normalized spacial score (nSPS) is 14.4. The zero-order chi connectivity index (χ0) is 22.1. The van der Waals surface area contributed by atoms with Crippen molar-refractivity contribution in [2.75, 3.05) is 32.8 Å². The van der Waals surface area contributed by atoms with E-state index < -0.39 is 17.7 Å². The Morgan fingerprint density at radius 3 is 2.14 bits per heavy atom. The van der Waals surface area contributed by atoms with Crippen molar-refractivity contribution < 1.29 is 28.7 Å². The number of ether oxygens (including phenoxy) is 2. The Bertz CT molecular complexity index is 619. The third-order valence-electron chi connectivity index (χ3n) is 4.07. The van der Waals surface area contributed by atoms with E-state index in [1.54, 1.807) is 0 Å². The van der Waals surface area contributed by atoms with Crippen molar-refractivity contribution in [3.05, 3.63) is 12.2 Å². The van der Waals surface area contributed by atoms with E-state index in [4.69, 9.17) is 9.47 Å². The maximum Gasteiger partial charge on any atom is 0.253 e. The summed E-state index contributed by atoms with van der Waals surface area (Å²) in [5, 5.41) is 5.12. The van der Waals surface area contributed by atoms with Crippen molar-refractivity contribution in [2.45, 2.75) is 58.7 Å². The van der Waals surface area contributed by atoms with Crippen LogP contribution in [0.25, 0.3) is 0 Å². The van der Waals surface area contributed by atoms with Gasteiger partial charge in [-0.25, -0.2) is 0 Å². The van der Waals surface area contributed by atoms with Crippen molar-refractivity contribution in [3.8, 4) is 0 Å². The summed E-state index contributed by atoms with van der Waals surface area (Å²) in [6.45, 7) is 11.0. The molecule has 0 aromatic carbocycles. The van der Waals surface area contributed by atoms with Crippen LogP contribution in [0.15, 0.2) is 12.2 Å². The molecule has 2 N–H and O–H groups in total. The first kappa shape index (κ1) is 24.8. The molecule has 0 saturated carbocycles. The number of carbonyl (C=O) groups excluding carboxylic acids is 4. The molecule has 1 aliphatic heterocycles. The maximum absolute atomic E-state index is 11.8. The first-order valence-electron chi connectivity index (χ1n) is 9.74. The summed E-state index contributed by atoms with van der Waals surface area (Å²) in [6, 6.07) is 0. The highest BCUT2D eigenvalue weighted by Gasteiger charge is 2.23. The molecule has 1 rings (SSSR count). The average Bonchev–Trinajstić information content (AvgIpc) is 2.92. The SMILES string of the molecule is CC(C)(C)OCCC(C)(C)OCCNC(=O)CNC(=O)CCN1C(=O)C=CC1=O. The molecule has 0 saturated heterocycles. The second kappa shape index (κ2) is 11.1. The van der Waals surface area contributed by atoms with E-state index >= 15 is 0 Å². The highest BCUT2D eigenvalue weighted by Crippen LogP contribution is 2.16. The van der Waals surface area contributed by atoms with Crippen LogP contribution in [-0.4, -0.2) is 72.6 Å². The van der Waals surface area contributed by atoms with Gasteiger partial charge in [-0.05, 0) is 41.0 Å². The van der Waals surface area contributed by atoms with Crippen LogP contribution in [0.2, 0.25) is 0 Å². The minimum absolute atomic E-state index is 0.0139. The Balaban J connectivity index is 2.12. The number of amides is 4. The molecule has 9 nitrogen and oxygen atoms in total. The summed E-state index contributed by atoms with van der Waals surface area (Å²) < 4.78 is 11.5. The molecule has 4 amide bonds. The van der Waals surface area contributed by atoms with E-state index in [-0.39, 0.29) is 36.6 Å². The van der Waals surface area contributed by atoms with Crippen molar-refractivity contribution in [2.24, 2.45) is 0 Å². The fourth-order valence-corrected chi connectivity index (χ4v) is 2.39. The van der Waals surface area contributed by atoms with Gasteiger partial charge in [0.05, 0.1) is 24.4 Å². The Morgan fingerprint density at radius 1 is 0.931 bits per heavy atom. The van der Waals surface area contributed by atoms with Crippen LogP contribution in [0.4, 0.5) is 0 Å². The van der Waals surface area contributed by atoms with Crippen molar-refractivity contribution in [1.82, 2.24) is 15.5 Å². The van der Waals surface area contributed by atoms with Crippen LogP contribution in [0.5, 0.6) is 0 Å². The lowest BCUT2D eigenvalue weighted by molar-refractivity contribution is -0.137. The summed E-state index contributed by atoms with van der Waals surface area (Å²) in [5.41, 5.74) is -0.561. The summed E-state index contributed by atoms with van der Waals surface area (Å²) in [7, 11) is 0. The molecule has 0 aliphatic carbocycles. The second-order valence-corrected chi connectivity index (χ2v) is 8.36. The Kier molecular flexibility index (Phi) is 9.45. The predicted molar refractivity (Wildman–Crippen MR) is 107 cm³/mol. The molecule has 0 spiro atoms. The lowest BCUT2D eigenvalue weighted by Crippen LogP contribution is -2.40. The molecule has 0 aromatic rings. The standard InChI is InChI=1S/C20H33N3O6/c1-19(2,3)28-12-9-20(4,5)29-13-10-21-16(25)14-22-15(24)8-11-23-17(26)6-7-18(23)27/h6-7H,8-14H2,1-5H3,(H,21,25)(H,22,24). The molecule has 0 aromatic heterocycles. The van der Waals surface area contributed by atoms with Gasteiger partial charge in [-0.1, -0.05) is 0 Å². The number of nitrogens with one attached hydrogen (secondary N) is 2. The molecule has 9 heteroatoms. The summed E-state index contributed by atoms with van der Waals surface area (Å²) in [6.07, 6.45) is 3.00. The number of hydrogen-bond donors (Lipinski definition) is 2. The quantitative estimate of drug-likeness (QED) is 0.358. The van der Waals surface area contributed by atoms with Gasteiger partial charge in [-0.15, -0.1) is 0 Å². The Morgan fingerprint density at radius 2 is 1.55 bits per heavy atom. The molecule has 0 fully saturated rings. The fourth-order valence-electron chi connectivity index (χ4n) is 2.39. The van der Waals surface area contributed by atoms with E-state index in [0.717, 1.165) is 23.5 Å². The molecule has 0 bridgehead atoms. The lowest BCUT2D eigenvalue weighted by atomic mass is 10.1. The lowest BCUT2D eigenvalue weighted by Gasteiger charge is -2.28. The molecule has 0 unspecified atom stereocenters. The monoisotopic (exact) mass is 411 g/mol. The van der Waals surface area contributed by atoms with Crippen LogP contribution >= 0.6 is 0 Å². The summed E-state index contributed by atoms with van der Waals surface area (Å²) in [4.78, 5) is 47.3. The maximum atomic E-state index is 11.8. The van der Waals surface area contributed by atoms with Gasteiger partial charge in [0.2, 0.25) is 11.8 Å². The van der Waals surface area contributed by atoms with E-state index in [0.29, 0.717) is 19.8 Å². The largest absolute Gasteiger partial charge is 0.376 e. The minimum atomic E-state index is -0.437. The van der Waals surface area contributed by atoms with Gasteiger partial charge in [0, 0.05) is 38.3 Å². The van der Waals surface area contributed by atoms with Crippen LogP contribution in [0, 0.1) is 0 Å². The minimum Gasteiger partial charge on any atom is -0.376 e. The molecule has 164 valence electrons. The van der Waals surface area contributed by atoms with Gasteiger partial charge in [0.15, 0.2) is 0 Å². The van der Waals surface area contributed by atoms with E-state index in [1.807, 2.05) is 34.6 Å². The Labute approximate surface area is 172 Å². The van der Waals surface area contributed by atoms with Crippen LogP contribution < -0.4 is 10.6 Å². The molecule has 1 heterocycles. The van der Waals surface area contributed by atoms with Gasteiger partial charge in [-0.3, -0.25) is 24.1 Å². The number of carbonyl (C=O) groups is 4. The van der Waals surface area contributed by atoms with E-state index in [2.05, 4.69) is 10.6 Å². The van der Waals surface area contributed by atoms with Gasteiger partial charge >= 0.3 is 0 Å². The Hall–Kier alpha value is -2.26. The smallest absolute Gasteiger partial charge is 0.253 e. The van der Waals surface area contributed by atoms with Gasteiger partial charge in [-0.2, -0.15) is 0 Å². The molecular weight excluding hydrogens is 378 g/mol. The van der Waals surface area contributed by atoms with Gasteiger partial charge in [0.25, 0.3) is 11.8 Å². The van der Waals surface area contributed by atoms with Gasteiger partial charge < -0.3 is 20.1 Å². The van der Waals surface area contributed by atoms with E-state index in [1.165, 1.54) is 0 Å². The first-order valence-corrected chi connectivity index (χ1v) is 9.74. The third kappa shape index (κ3) is 10.7. The van der Waals surface area contributed by atoms with Gasteiger partial charge in [0.1, 0.15) is 0 Å². The van der Waals surface area contributed by atoms with Crippen LogP contribution in [0.3, 0.4) is 0 Å². The fraction of sp³-hybridized carbons (Fsp3) is 0.700.